The van der Waals surface area contributed by atoms with Crippen molar-refractivity contribution >= 4 is 11.8 Å². The van der Waals surface area contributed by atoms with Gasteiger partial charge in [0.15, 0.2) is 0 Å². The maximum Gasteiger partial charge on any atom is 0.310 e. The number of carbonyl (C=O) groups is 2. The zero-order valence-electron chi connectivity index (χ0n) is 10.6. The first-order chi connectivity index (χ1) is 6.64. The fraction of sp³-hybridized carbons (Fsp3) is 0.833. The minimum Gasteiger partial charge on any atom is -0.463 e. The van der Waals surface area contributed by atoms with Gasteiger partial charge in [0.25, 0.3) is 0 Å². The SMILES string of the molecule is CC(=O)CC(C(=O)OC(C)C)C(C)(C)C. The van der Waals surface area contributed by atoms with Gasteiger partial charge in [0.2, 0.25) is 0 Å². The van der Waals surface area contributed by atoms with Gasteiger partial charge in [-0.05, 0) is 26.2 Å². The Morgan fingerprint density at radius 1 is 1.20 bits per heavy atom. The van der Waals surface area contributed by atoms with Crippen LogP contribution in [0.1, 0.15) is 48.0 Å². The minimum atomic E-state index is -0.350. The molecule has 0 aliphatic heterocycles. The Morgan fingerprint density at radius 3 is 1.93 bits per heavy atom. The van der Waals surface area contributed by atoms with Crippen LogP contribution in [0.4, 0.5) is 0 Å². The molecule has 0 fully saturated rings. The van der Waals surface area contributed by atoms with E-state index in [0.717, 1.165) is 0 Å². The van der Waals surface area contributed by atoms with Crippen LogP contribution in [-0.2, 0) is 14.3 Å². The van der Waals surface area contributed by atoms with Crippen LogP contribution in [0.2, 0.25) is 0 Å². The lowest BCUT2D eigenvalue weighted by Gasteiger charge is -2.28. The summed E-state index contributed by atoms with van der Waals surface area (Å²) in [7, 11) is 0. The molecule has 0 aliphatic rings. The third-order valence-corrected chi connectivity index (χ3v) is 2.17. The lowest BCUT2D eigenvalue weighted by molar-refractivity contribution is -0.157. The summed E-state index contributed by atoms with van der Waals surface area (Å²) >= 11 is 0. The molecule has 0 N–H and O–H groups in total. The van der Waals surface area contributed by atoms with Gasteiger partial charge >= 0.3 is 5.97 Å². The van der Waals surface area contributed by atoms with Crippen LogP contribution in [0.5, 0.6) is 0 Å². The van der Waals surface area contributed by atoms with E-state index in [1.807, 2.05) is 34.6 Å². The number of carbonyl (C=O) groups excluding carboxylic acids is 2. The number of ketones is 1. The Labute approximate surface area is 92.2 Å². The predicted molar refractivity (Wildman–Crippen MR) is 59.5 cm³/mol. The quantitative estimate of drug-likeness (QED) is 0.675. The Kier molecular flexibility index (Phi) is 4.98. The van der Waals surface area contributed by atoms with Crippen LogP contribution in [0.15, 0.2) is 0 Å². The topological polar surface area (TPSA) is 43.4 Å². The molecule has 0 radical (unpaired) electrons. The van der Waals surface area contributed by atoms with Gasteiger partial charge in [-0.15, -0.1) is 0 Å². The molecule has 0 aromatic rings. The molecule has 15 heavy (non-hydrogen) atoms. The number of Topliss-reactive ketones (excluding diaryl/α,β-unsaturated/α-hetero) is 1. The monoisotopic (exact) mass is 214 g/mol. The van der Waals surface area contributed by atoms with Gasteiger partial charge < -0.3 is 9.53 Å². The van der Waals surface area contributed by atoms with Gasteiger partial charge in [0, 0.05) is 6.42 Å². The summed E-state index contributed by atoms with van der Waals surface area (Å²) in [6, 6.07) is 0. The van der Waals surface area contributed by atoms with Crippen LogP contribution in [0.25, 0.3) is 0 Å². The Balaban J connectivity index is 4.64. The van der Waals surface area contributed by atoms with E-state index in [1.54, 1.807) is 0 Å². The maximum atomic E-state index is 11.8. The van der Waals surface area contributed by atoms with Gasteiger partial charge in [-0.25, -0.2) is 0 Å². The van der Waals surface area contributed by atoms with Gasteiger partial charge in [-0.1, -0.05) is 20.8 Å². The highest BCUT2D eigenvalue weighted by Crippen LogP contribution is 2.30. The molecule has 0 spiro atoms. The molecule has 0 aromatic carbocycles. The first-order valence-electron chi connectivity index (χ1n) is 5.34. The summed E-state index contributed by atoms with van der Waals surface area (Å²) in [6.07, 6.45) is 0.129. The van der Waals surface area contributed by atoms with E-state index in [1.165, 1.54) is 6.92 Å². The molecule has 0 rings (SSSR count). The molecule has 88 valence electrons. The highest BCUT2D eigenvalue weighted by molar-refractivity contribution is 5.83. The molecule has 0 heterocycles. The molecule has 0 aliphatic carbocycles. The Morgan fingerprint density at radius 2 is 1.67 bits per heavy atom. The van der Waals surface area contributed by atoms with Crippen molar-refractivity contribution in [1.82, 2.24) is 0 Å². The number of hydrogen-bond donors (Lipinski definition) is 0. The summed E-state index contributed by atoms with van der Waals surface area (Å²) < 4.78 is 5.15. The van der Waals surface area contributed by atoms with E-state index in [9.17, 15) is 9.59 Å². The molecule has 3 heteroatoms. The summed E-state index contributed by atoms with van der Waals surface area (Å²) in [4.78, 5) is 22.8. The van der Waals surface area contributed by atoms with E-state index >= 15 is 0 Å². The van der Waals surface area contributed by atoms with E-state index in [-0.39, 0.29) is 35.6 Å². The third kappa shape index (κ3) is 5.55. The molecular formula is C12H22O3. The fourth-order valence-corrected chi connectivity index (χ4v) is 1.34. The Hall–Kier alpha value is -0.860. The van der Waals surface area contributed by atoms with Gasteiger partial charge in [-0.2, -0.15) is 0 Å². The highest BCUT2D eigenvalue weighted by Gasteiger charge is 2.33. The molecule has 1 atom stereocenters. The standard InChI is InChI=1S/C12H22O3/c1-8(2)15-11(14)10(7-9(3)13)12(4,5)6/h8,10H,7H2,1-6H3. The molecule has 3 nitrogen and oxygen atoms in total. The second-order valence-corrected chi connectivity index (χ2v) is 5.31. The number of rotatable bonds is 4. The first-order valence-corrected chi connectivity index (χ1v) is 5.34. The summed E-state index contributed by atoms with van der Waals surface area (Å²) in [5.74, 6) is -0.597. The molecule has 0 saturated carbocycles. The zero-order valence-corrected chi connectivity index (χ0v) is 10.6. The normalized spacial score (nSPS) is 13.8. The van der Waals surface area contributed by atoms with Gasteiger partial charge in [0.05, 0.1) is 12.0 Å². The van der Waals surface area contributed by atoms with Crippen molar-refractivity contribution < 1.29 is 14.3 Å². The van der Waals surface area contributed by atoms with E-state index in [4.69, 9.17) is 4.74 Å². The zero-order chi connectivity index (χ0) is 12.2. The third-order valence-electron chi connectivity index (χ3n) is 2.17. The first kappa shape index (κ1) is 14.1. The number of esters is 1. The van der Waals surface area contributed by atoms with E-state index < -0.39 is 0 Å². The second kappa shape index (κ2) is 5.29. The molecule has 0 saturated heterocycles. The van der Waals surface area contributed by atoms with Crippen molar-refractivity contribution in [2.75, 3.05) is 0 Å². The molecule has 0 bridgehead atoms. The smallest absolute Gasteiger partial charge is 0.310 e. The van der Waals surface area contributed by atoms with Crippen molar-refractivity contribution in [3.8, 4) is 0 Å². The molecule has 1 unspecified atom stereocenters. The van der Waals surface area contributed by atoms with Crippen molar-refractivity contribution in [1.29, 1.82) is 0 Å². The summed E-state index contributed by atoms with van der Waals surface area (Å²) in [5, 5.41) is 0. The molecular weight excluding hydrogens is 192 g/mol. The summed E-state index contributed by atoms with van der Waals surface area (Å²) in [5.41, 5.74) is -0.238. The van der Waals surface area contributed by atoms with Crippen LogP contribution in [-0.4, -0.2) is 17.9 Å². The van der Waals surface area contributed by atoms with Crippen molar-refractivity contribution in [3.05, 3.63) is 0 Å². The minimum absolute atomic E-state index is 0.0237. The Bertz CT molecular complexity index is 236. The largest absolute Gasteiger partial charge is 0.463 e. The van der Waals surface area contributed by atoms with E-state index in [0.29, 0.717) is 0 Å². The second-order valence-electron chi connectivity index (χ2n) is 5.31. The van der Waals surface area contributed by atoms with Crippen molar-refractivity contribution in [2.45, 2.75) is 54.1 Å². The lowest BCUT2D eigenvalue weighted by atomic mass is 9.78. The highest BCUT2D eigenvalue weighted by atomic mass is 16.5. The fourth-order valence-electron chi connectivity index (χ4n) is 1.34. The van der Waals surface area contributed by atoms with Crippen LogP contribution < -0.4 is 0 Å². The van der Waals surface area contributed by atoms with Crippen molar-refractivity contribution in [2.24, 2.45) is 11.3 Å². The molecule has 0 aromatic heterocycles. The van der Waals surface area contributed by atoms with E-state index in [2.05, 4.69) is 0 Å². The maximum absolute atomic E-state index is 11.8. The van der Waals surface area contributed by atoms with Gasteiger partial charge in [-0.3, -0.25) is 4.79 Å². The van der Waals surface area contributed by atoms with Crippen LogP contribution in [0.3, 0.4) is 0 Å². The average Bonchev–Trinajstić information content (AvgIpc) is 1.95. The van der Waals surface area contributed by atoms with Crippen LogP contribution in [0, 0.1) is 11.3 Å². The number of hydrogen-bond acceptors (Lipinski definition) is 3. The molecule has 0 amide bonds. The lowest BCUT2D eigenvalue weighted by Crippen LogP contribution is -2.33. The van der Waals surface area contributed by atoms with Gasteiger partial charge in [0.1, 0.15) is 5.78 Å². The number of ether oxygens (including phenoxy) is 1. The van der Waals surface area contributed by atoms with Crippen LogP contribution >= 0.6 is 0 Å². The average molecular weight is 214 g/mol. The summed E-state index contributed by atoms with van der Waals surface area (Å²) in [6.45, 7) is 11.0. The van der Waals surface area contributed by atoms with Crippen molar-refractivity contribution in [3.63, 3.8) is 0 Å². The predicted octanol–water partition coefficient (Wildman–Crippen LogP) is 2.58.